The van der Waals surface area contributed by atoms with Crippen molar-refractivity contribution in [1.29, 1.82) is 15.8 Å². The summed E-state index contributed by atoms with van der Waals surface area (Å²) in [5, 5.41) is 30.0. The van der Waals surface area contributed by atoms with Crippen molar-refractivity contribution in [1.82, 2.24) is 4.90 Å². The van der Waals surface area contributed by atoms with Gasteiger partial charge in [-0.25, -0.2) is 4.79 Å². The van der Waals surface area contributed by atoms with E-state index in [9.17, 15) is 20.6 Å². The number of carbonyl (C=O) groups is 1. The minimum absolute atomic E-state index is 0.0406. The van der Waals surface area contributed by atoms with Gasteiger partial charge in [0, 0.05) is 29.4 Å². The Morgan fingerprint density at radius 2 is 1.84 bits per heavy atom. The van der Waals surface area contributed by atoms with Gasteiger partial charge in [-0.2, -0.15) is 15.8 Å². The van der Waals surface area contributed by atoms with Crippen LogP contribution in [0.2, 0.25) is 0 Å². The molecular weight excluding hydrogens is 458 g/mol. The zero-order valence-corrected chi connectivity index (χ0v) is 19.1. The molecule has 0 saturated carbocycles. The number of allylic oxidation sites excluding steroid dienone is 2. The maximum atomic E-state index is 12.7. The van der Waals surface area contributed by atoms with Crippen molar-refractivity contribution in [2.45, 2.75) is 32.3 Å². The van der Waals surface area contributed by atoms with Crippen LogP contribution in [0.25, 0.3) is 0 Å². The molecule has 7 nitrogen and oxygen atoms in total. The van der Waals surface area contributed by atoms with E-state index in [1.165, 1.54) is 4.90 Å². The number of nitrogens with two attached hydrogens (primary N) is 1. The van der Waals surface area contributed by atoms with Gasteiger partial charge in [0.15, 0.2) is 5.41 Å². The Labute approximate surface area is 190 Å². The molecule has 3 rings (SSSR count). The monoisotopic (exact) mass is 479 g/mol. The zero-order valence-electron chi connectivity index (χ0n) is 17.5. The van der Waals surface area contributed by atoms with E-state index in [4.69, 9.17) is 10.5 Å². The molecule has 2 N–H and O–H groups in total. The number of benzene rings is 1. The molecule has 0 saturated heterocycles. The molecule has 1 heterocycles. The fourth-order valence-corrected chi connectivity index (χ4v) is 4.47. The van der Waals surface area contributed by atoms with Crippen LogP contribution in [-0.4, -0.2) is 29.7 Å². The second-order valence-corrected chi connectivity index (χ2v) is 9.53. The molecule has 1 aliphatic carbocycles. The third kappa shape index (κ3) is 3.90. The lowest BCUT2D eigenvalue weighted by atomic mass is 9.58. The predicted molar refractivity (Wildman–Crippen MR) is 117 cm³/mol. The largest absolute Gasteiger partial charge is 0.444 e. The highest BCUT2D eigenvalue weighted by Gasteiger charge is 2.54. The Balaban J connectivity index is 2.18. The Morgan fingerprint density at radius 3 is 2.35 bits per heavy atom. The normalized spacial score (nSPS) is 22.4. The van der Waals surface area contributed by atoms with Crippen LogP contribution in [-0.2, 0) is 4.74 Å². The number of nitriles is 3. The zero-order chi connectivity index (χ0) is 23.0. The number of carbonyl (C=O) groups excluding carboxylic acids is 1. The Hall–Kier alpha value is -3.28. The van der Waals surface area contributed by atoms with Crippen molar-refractivity contribution >= 4 is 22.0 Å². The van der Waals surface area contributed by atoms with Gasteiger partial charge in [0.25, 0.3) is 0 Å². The van der Waals surface area contributed by atoms with Gasteiger partial charge in [-0.1, -0.05) is 34.1 Å². The van der Waals surface area contributed by atoms with Gasteiger partial charge in [0.05, 0.1) is 23.4 Å². The second kappa shape index (κ2) is 8.10. The number of rotatable bonds is 1. The summed E-state index contributed by atoms with van der Waals surface area (Å²) in [5.41, 5.74) is 5.38. The van der Waals surface area contributed by atoms with E-state index < -0.39 is 28.9 Å². The van der Waals surface area contributed by atoms with Crippen LogP contribution in [0.15, 0.2) is 51.7 Å². The Morgan fingerprint density at radius 1 is 1.23 bits per heavy atom. The van der Waals surface area contributed by atoms with Crippen LogP contribution in [0.3, 0.4) is 0 Å². The SMILES string of the molecule is CC(C)(C)OC(=O)N1CC=C2C(C#N)=C(N)C(C#N)(C#N)[C@@H](c3ccc(Br)cc3)C2C1. The van der Waals surface area contributed by atoms with Gasteiger partial charge in [0.1, 0.15) is 11.7 Å². The lowest BCUT2D eigenvalue weighted by Gasteiger charge is -2.45. The quantitative estimate of drug-likeness (QED) is 0.645. The highest BCUT2D eigenvalue weighted by molar-refractivity contribution is 9.10. The molecule has 8 heteroatoms. The summed E-state index contributed by atoms with van der Waals surface area (Å²) in [6, 6.07) is 13.6. The second-order valence-electron chi connectivity index (χ2n) is 8.61. The van der Waals surface area contributed by atoms with E-state index in [-0.39, 0.29) is 24.4 Å². The molecule has 1 unspecified atom stereocenters. The third-order valence-corrected chi connectivity index (χ3v) is 6.07. The number of halogens is 1. The van der Waals surface area contributed by atoms with Crippen molar-refractivity contribution in [3.05, 3.63) is 57.2 Å². The topological polar surface area (TPSA) is 127 Å². The molecule has 0 radical (unpaired) electrons. The van der Waals surface area contributed by atoms with Gasteiger partial charge in [0.2, 0.25) is 0 Å². The molecular formula is C23H22BrN5O2. The maximum Gasteiger partial charge on any atom is 0.410 e. The molecule has 0 fully saturated rings. The molecule has 0 aromatic heterocycles. The summed E-state index contributed by atoms with van der Waals surface area (Å²) < 4.78 is 6.36. The van der Waals surface area contributed by atoms with Crippen LogP contribution in [0.5, 0.6) is 0 Å². The fraction of sp³-hybridized carbons (Fsp3) is 0.391. The Kier molecular flexibility index (Phi) is 5.85. The molecule has 2 aliphatic rings. The highest BCUT2D eigenvalue weighted by atomic mass is 79.9. The number of fused-ring (bicyclic) bond motifs is 1. The first-order valence-electron chi connectivity index (χ1n) is 9.74. The van der Waals surface area contributed by atoms with Crippen molar-refractivity contribution in [3.63, 3.8) is 0 Å². The van der Waals surface area contributed by atoms with E-state index in [1.54, 1.807) is 26.8 Å². The van der Waals surface area contributed by atoms with Crippen molar-refractivity contribution < 1.29 is 9.53 Å². The molecule has 1 aliphatic heterocycles. The highest BCUT2D eigenvalue weighted by Crippen LogP contribution is 2.54. The average Bonchev–Trinajstić information content (AvgIpc) is 2.72. The number of hydrogen-bond acceptors (Lipinski definition) is 6. The third-order valence-electron chi connectivity index (χ3n) is 5.55. The molecule has 0 bridgehead atoms. The molecule has 31 heavy (non-hydrogen) atoms. The minimum atomic E-state index is -1.74. The van der Waals surface area contributed by atoms with E-state index in [1.807, 2.05) is 24.3 Å². The fourth-order valence-electron chi connectivity index (χ4n) is 4.20. The number of hydrogen-bond donors (Lipinski definition) is 1. The molecule has 1 aromatic carbocycles. The van der Waals surface area contributed by atoms with Crippen molar-refractivity contribution in [3.8, 4) is 18.2 Å². The van der Waals surface area contributed by atoms with Crippen LogP contribution in [0.4, 0.5) is 4.79 Å². The van der Waals surface area contributed by atoms with Crippen molar-refractivity contribution in [2.24, 2.45) is 17.1 Å². The van der Waals surface area contributed by atoms with Gasteiger partial charge in [-0.05, 0) is 44.0 Å². The number of amides is 1. The Bertz CT molecular complexity index is 1080. The maximum absolute atomic E-state index is 12.7. The number of ether oxygens (including phenoxy) is 1. The van der Waals surface area contributed by atoms with E-state index in [2.05, 4.69) is 34.1 Å². The number of nitrogens with zero attached hydrogens (tertiary/aromatic N) is 4. The molecule has 2 atom stereocenters. The van der Waals surface area contributed by atoms with Crippen LogP contribution in [0, 0.1) is 45.3 Å². The van der Waals surface area contributed by atoms with Crippen molar-refractivity contribution in [2.75, 3.05) is 13.1 Å². The molecule has 0 spiro atoms. The van der Waals surface area contributed by atoms with Gasteiger partial charge >= 0.3 is 6.09 Å². The predicted octanol–water partition coefficient (Wildman–Crippen LogP) is 4.11. The van der Waals surface area contributed by atoms with Gasteiger partial charge < -0.3 is 15.4 Å². The molecule has 1 amide bonds. The van der Waals surface area contributed by atoms with E-state index in [0.717, 1.165) is 10.0 Å². The average molecular weight is 480 g/mol. The van der Waals surface area contributed by atoms with E-state index >= 15 is 0 Å². The molecule has 158 valence electrons. The first-order valence-corrected chi connectivity index (χ1v) is 10.5. The summed E-state index contributed by atoms with van der Waals surface area (Å²) in [6.45, 7) is 5.81. The first kappa shape index (κ1) is 22.4. The smallest absolute Gasteiger partial charge is 0.410 e. The minimum Gasteiger partial charge on any atom is -0.444 e. The summed E-state index contributed by atoms with van der Waals surface area (Å²) >= 11 is 3.40. The van der Waals surface area contributed by atoms with E-state index in [0.29, 0.717) is 5.57 Å². The lowest BCUT2D eigenvalue weighted by molar-refractivity contribution is 0.0224. The van der Waals surface area contributed by atoms with Crippen LogP contribution < -0.4 is 5.73 Å². The summed E-state index contributed by atoms with van der Waals surface area (Å²) in [5.74, 6) is -1.13. The summed E-state index contributed by atoms with van der Waals surface area (Å²) in [6.07, 6.45) is 1.28. The standard InChI is InChI=1S/C23H22BrN5O2/c1-22(2,3)31-21(30)29-9-8-16-17(10-25)20(28)23(12-26,13-27)19(18(16)11-29)14-4-6-15(24)7-5-14/h4-8,18-19H,9,11,28H2,1-3H3/t18?,19-/m0/s1. The van der Waals surface area contributed by atoms with Crippen LogP contribution >= 0.6 is 15.9 Å². The summed E-state index contributed by atoms with van der Waals surface area (Å²) in [7, 11) is 0. The first-order chi connectivity index (χ1) is 14.6. The van der Waals surface area contributed by atoms with Gasteiger partial charge in [-0.3, -0.25) is 0 Å². The molecule has 1 aromatic rings. The van der Waals surface area contributed by atoms with Gasteiger partial charge in [-0.15, -0.1) is 0 Å². The summed E-state index contributed by atoms with van der Waals surface area (Å²) in [4.78, 5) is 14.3. The lowest BCUT2D eigenvalue weighted by Crippen LogP contribution is -2.50. The van der Waals surface area contributed by atoms with Crippen LogP contribution in [0.1, 0.15) is 32.3 Å².